The van der Waals surface area contributed by atoms with Crippen molar-refractivity contribution in [2.45, 2.75) is 26.2 Å². The van der Waals surface area contributed by atoms with E-state index in [1.807, 2.05) is 0 Å². The smallest absolute Gasteiger partial charge is 0.294 e. The highest BCUT2D eigenvalue weighted by molar-refractivity contribution is 6.01. The molecule has 1 aliphatic heterocycles. The third-order valence-corrected chi connectivity index (χ3v) is 4.61. The zero-order valence-corrected chi connectivity index (χ0v) is 15.2. The van der Waals surface area contributed by atoms with Gasteiger partial charge in [-0.3, -0.25) is 9.78 Å². The Morgan fingerprint density at radius 1 is 1.19 bits per heavy atom. The second-order valence-corrected chi connectivity index (χ2v) is 6.31. The van der Waals surface area contributed by atoms with Crippen LogP contribution in [-0.4, -0.2) is 41.2 Å². The van der Waals surface area contributed by atoms with Crippen LogP contribution < -0.4 is 16.0 Å². The summed E-state index contributed by atoms with van der Waals surface area (Å²) in [6.45, 7) is 3.01. The van der Waals surface area contributed by atoms with E-state index in [0.29, 0.717) is 30.3 Å². The molecule has 0 radical (unpaired) electrons. The maximum atomic E-state index is 12.3. The number of ether oxygens (including phenoxy) is 2. The summed E-state index contributed by atoms with van der Waals surface area (Å²) in [6, 6.07) is 0. The van der Waals surface area contributed by atoms with Gasteiger partial charge in [-0.1, -0.05) is 6.08 Å². The Morgan fingerprint density at radius 2 is 2.07 bits per heavy atom. The van der Waals surface area contributed by atoms with E-state index >= 15 is 0 Å². The number of rotatable bonds is 4. The minimum atomic E-state index is -0.420. The van der Waals surface area contributed by atoms with Crippen molar-refractivity contribution in [2.75, 3.05) is 25.6 Å². The van der Waals surface area contributed by atoms with Crippen molar-refractivity contribution >= 4 is 23.1 Å². The highest BCUT2D eigenvalue weighted by Crippen LogP contribution is 2.25. The first-order chi connectivity index (χ1) is 13.2. The molecule has 3 heterocycles. The lowest BCUT2D eigenvalue weighted by Gasteiger charge is -2.20. The first-order valence-electron chi connectivity index (χ1n) is 8.80. The monoisotopic (exact) mass is 368 g/mol. The predicted octanol–water partition coefficient (Wildman–Crippen LogP) is 1.07. The summed E-state index contributed by atoms with van der Waals surface area (Å²) >= 11 is 0. The van der Waals surface area contributed by atoms with Gasteiger partial charge < -0.3 is 19.2 Å². The quantitative estimate of drug-likeness (QED) is 0.862. The molecule has 1 aliphatic carbocycles. The molecule has 0 saturated heterocycles. The van der Waals surface area contributed by atoms with Gasteiger partial charge in [-0.2, -0.15) is 0 Å². The summed E-state index contributed by atoms with van der Waals surface area (Å²) < 4.78 is 16.2. The average molecular weight is 368 g/mol. The van der Waals surface area contributed by atoms with E-state index in [9.17, 15) is 4.79 Å². The van der Waals surface area contributed by atoms with Gasteiger partial charge in [-0.05, 0) is 24.0 Å². The number of amides is 1. The van der Waals surface area contributed by atoms with Crippen LogP contribution in [0.3, 0.4) is 0 Å². The molecular weight excluding hydrogens is 348 g/mol. The molecule has 4 rings (SSSR count). The zero-order chi connectivity index (χ0) is 18.8. The SMILES string of the molecule is COC1=c2nc(NC(=O)c3cnc(C)o3)cnc2=C(C2=CCOCC2)CC1. The maximum Gasteiger partial charge on any atom is 0.294 e. The van der Waals surface area contributed by atoms with Gasteiger partial charge in [0.25, 0.3) is 5.91 Å². The Labute approximate surface area is 155 Å². The van der Waals surface area contributed by atoms with E-state index in [-0.39, 0.29) is 5.76 Å². The lowest BCUT2D eigenvalue weighted by molar-refractivity contribution is 0.0995. The summed E-state index contributed by atoms with van der Waals surface area (Å²) in [5, 5.41) is 4.17. The maximum absolute atomic E-state index is 12.3. The number of anilines is 1. The minimum Gasteiger partial charge on any atom is -0.499 e. The first kappa shape index (κ1) is 17.4. The lowest BCUT2D eigenvalue weighted by Crippen LogP contribution is -2.39. The van der Waals surface area contributed by atoms with Crippen molar-refractivity contribution in [3.8, 4) is 0 Å². The van der Waals surface area contributed by atoms with Gasteiger partial charge in [0.1, 0.15) is 11.1 Å². The van der Waals surface area contributed by atoms with E-state index in [0.717, 1.165) is 30.4 Å². The third-order valence-electron chi connectivity index (χ3n) is 4.61. The van der Waals surface area contributed by atoms with E-state index < -0.39 is 5.91 Å². The number of oxazole rings is 1. The van der Waals surface area contributed by atoms with Crippen molar-refractivity contribution in [1.82, 2.24) is 15.0 Å². The summed E-state index contributed by atoms with van der Waals surface area (Å²) in [7, 11) is 1.63. The number of carbonyl (C=O) groups is 1. The summed E-state index contributed by atoms with van der Waals surface area (Å²) in [5.41, 5.74) is 2.42. The molecule has 0 bridgehead atoms. The topological polar surface area (TPSA) is 99.4 Å². The van der Waals surface area contributed by atoms with Gasteiger partial charge in [0.15, 0.2) is 11.7 Å². The van der Waals surface area contributed by atoms with Crippen molar-refractivity contribution in [3.63, 3.8) is 0 Å². The number of hydrogen-bond acceptors (Lipinski definition) is 7. The Balaban J connectivity index is 1.74. The minimum absolute atomic E-state index is 0.127. The highest BCUT2D eigenvalue weighted by Gasteiger charge is 2.19. The van der Waals surface area contributed by atoms with Gasteiger partial charge in [0, 0.05) is 13.3 Å². The fraction of sp³-hybridized carbons (Fsp3) is 0.368. The number of carbonyl (C=O) groups excluding carboxylic acids is 1. The summed E-state index contributed by atoms with van der Waals surface area (Å²) in [5.74, 6) is 1.24. The van der Waals surface area contributed by atoms with Crippen LogP contribution in [0.1, 0.15) is 35.7 Å². The zero-order valence-electron chi connectivity index (χ0n) is 15.2. The molecule has 0 fully saturated rings. The third kappa shape index (κ3) is 3.48. The van der Waals surface area contributed by atoms with Crippen molar-refractivity contribution in [2.24, 2.45) is 0 Å². The molecule has 1 N–H and O–H groups in total. The summed E-state index contributed by atoms with van der Waals surface area (Å²) in [6.07, 6.45) is 7.49. The molecular formula is C19H20N4O4. The van der Waals surface area contributed by atoms with Crippen LogP contribution in [-0.2, 0) is 9.47 Å². The van der Waals surface area contributed by atoms with Crippen LogP contribution in [0.15, 0.2) is 28.5 Å². The Kier molecular flexibility index (Phi) is 4.72. The second kappa shape index (κ2) is 7.32. The number of aromatic nitrogens is 3. The molecule has 0 saturated carbocycles. The number of aryl methyl sites for hydroxylation is 1. The normalized spacial score (nSPS) is 16.6. The molecule has 2 aromatic rings. The standard InChI is InChI=1S/C19H20N4O4/c1-11-20-9-15(27-11)19(24)23-16-10-21-17-13(12-5-7-26-8-6-12)3-4-14(25-2)18(17)22-16/h5,9-10H,3-4,6-8H2,1-2H3,(H,22,23,24). The largest absolute Gasteiger partial charge is 0.499 e. The molecule has 0 unspecified atom stereocenters. The van der Waals surface area contributed by atoms with Crippen LogP contribution >= 0.6 is 0 Å². The fourth-order valence-corrected chi connectivity index (χ4v) is 3.30. The van der Waals surface area contributed by atoms with Crippen LogP contribution in [0, 0.1) is 6.92 Å². The van der Waals surface area contributed by atoms with E-state index in [1.165, 1.54) is 17.3 Å². The fourth-order valence-electron chi connectivity index (χ4n) is 3.30. The molecule has 8 heteroatoms. The number of hydrogen-bond donors (Lipinski definition) is 1. The van der Waals surface area contributed by atoms with Crippen LogP contribution in [0.2, 0.25) is 0 Å². The highest BCUT2D eigenvalue weighted by atomic mass is 16.5. The van der Waals surface area contributed by atoms with E-state index in [2.05, 4.69) is 26.3 Å². The molecule has 27 heavy (non-hydrogen) atoms. The van der Waals surface area contributed by atoms with Crippen LogP contribution in [0.5, 0.6) is 0 Å². The van der Waals surface area contributed by atoms with Crippen molar-refractivity contribution in [1.29, 1.82) is 0 Å². The Bertz CT molecular complexity index is 1040. The van der Waals surface area contributed by atoms with Crippen LogP contribution in [0.25, 0.3) is 11.3 Å². The molecule has 0 aromatic carbocycles. The van der Waals surface area contributed by atoms with E-state index in [1.54, 1.807) is 20.2 Å². The van der Waals surface area contributed by atoms with Gasteiger partial charge in [-0.25, -0.2) is 9.97 Å². The first-order valence-corrected chi connectivity index (χ1v) is 8.80. The number of nitrogens with one attached hydrogen (secondary N) is 1. The lowest BCUT2D eigenvalue weighted by atomic mass is 9.93. The van der Waals surface area contributed by atoms with Gasteiger partial charge in [0.05, 0.1) is 38.1 Å². The number of methoxy groups -OCH3 is 1. The molecule has 2 aliphatic rings. The van der Waals surface area contributed by atoms with Gasteiger partial charge in [0.2, 0.25) is 5.76 Å². The van der Waals surface area contributed by atoms with E-state index in [4.69, 9.17) is 13.9 Å². The van der Waals surface area contributed by atoms with Gasteiger partial charge >= 0.3 is 0 Å². The Morgan fingerprint density at radius 3 is 2.78 bits per heavy atom. The Hall–Kier alpha value is -3.00. The van der Waals surface area contributed by atoms with Crippen molar-refractivity contribution in [3.05, 3.63) is 46.4 Å². The predicted molar refractivity (Wildman–Crippen MR) is 97.1 cm³/mol. The molecule has 8 nitrogen and oxygen atoms in total. The second-order valence-electron chi connectivity index (χ2n) is 6.31. The molecule has 0 atom stereocenters. The molecule has 2 aromatic heterocycles. The van der Waals surface area contributed by atoms with Crippen molar-refractivity contribution < 1.29 is 18.7 Å². The van der Waals surface area contributed by atoms with Crippen LogP contribution in [0.4, 0.5) is 5.82 Å². The molecule has 140 valence electrons. The molecule has 0 spiro atoms. The van der Waals surface area contributed by atoms with Gasteiger partial charge in [-0.15, -0.1) is 0 Å². The molecule has 1 amide bonds. The number of fused-ring (bicyclic) bond motifs is 1. The average Bonchev–Trinajstić information content (AvgIpc) is 3.14. The number of nitrogens with zero attached hydrogens (tertiary/aromatic N) is 3. The summed E-state index contributed by atoms with van der Waals surface area (Å²) in [4.78, 5) is 25.4.